The highest BCUT2D eigenvalue weighted by Crippen LogP contribution is 2.41. The van der Waals surface area contributed by atoms with E-state index in [0.717, 1.165) is 70.2 Å². The van der Waals surface area contributed by atoms with Gasteiger partial charge in [0, 0.05) is 50.5 Å². The highest BCUT2D eigenvalue weighted by atomic mass is 16.3. The molecule has 3 aromatic heterocycles. The normalized spacial score (nSPS) is 14.2. The second-order valence-corrected chi connectivity index (χ2v) is 13.0. The second-order valence-electron chi connectivity index (χ2n) is 13.0. The molecule has 238 valence electrons. The number of furan rings is 1. The van der Waals surface area contributed by atoms with Crippen LogP contribution in [0.3, 0.4) is 0 Å². The van der Waals surface area contributed by atoms with Gasteiger partial charge in [-0.05, 0) is 66.8 Å². The summed E-state index contributed by atoms with van der Waals surface area (Å²) in [4.78, 5) is 15.1. The minimum atomic E-state index is 0.655. The number of hydrogen-bond donors (Lipinski definition) is 0. The number of aryl methyl sites for hydroxylation is 1. The number of para-hydroxylation sites is 1. The Bertz CT molecular complexity index is 2640. The van der Waals surface area contributed by atoms with Crippen molar-refractivity contribution < 1.29 is 4.42 Å². The van der Waals surface area contributed by atoms with Gasteiger partial charge in [0.15, 0.2) is 17.5 Å². The molecular weight excluding hydrogens is 613 g/mol. The van der Waals surface area contributed by atoms with Gasteiger partial charge in [0.05, 0.1) is 11.0 Å². The van der Waals surface area contributed by atoms with Crippen molar-refractivity contribution in [3.63, 3.8) is 0 Å². The number of rotatable bonds is 5. The van der Waals surface area contributed by atoms with Crippen LogP contribution >= 0.6 is 0 Å². The molecule has 0 N–H and O–H groups in total. The molecule has 5 aromatic carbocycles. The minimum absolute atomic E-state index is 0.655. The average molecular weight is 645 g/mol. The van der Waals surface area contributed by atoms with E-state index < -0.39 is 0 Å². The molecule has 0 aliphatic heterocycles. The Balaban J connectivity index is 1.12. The van der Waals surface area contributed by atoms with Crippen LogP contribution in [0.5, 0.6) is 0 Å². The molecule has 5 nitrogen and oxygen atoms in total. The second kappa shape index (κ2) is 11.7. The summed E-state index contributed by atoms with van der Waals surface area (Å²) in [6, 6.07) is 42.4. The molecule has 3 heterocycles. The largest absolute Gasteiger partial charge is 0.460 e. The van der Waals surface area contributed by atoms with E-state index in [9.17, 15) is 0 Å². The molecule has 0 unspecified atom stereocenters. The first-order chi connectivity index (χ1) is 24.8. The van der Waals surface area contributed by atoms with E-state index in [0.29, 0.717) is 17.5 Å². The fourth-order valence-electron chi connectivity index (χ4n) is 7.58. The third kappa shape index (κ3) is 4.73. The van der Waals surface area contributed by atoms with Crippen LogP contribution in [0.1, 0.15) is 36.4 Å². The molecule has 0 atom stereocenters. The first-order valence-electron chi connectivity index (χ1n) is 17.3. The van der Waals surface area contributed by atoms with Crippen LogP contribution in [0.15, 0.2) is 150 Å². The quantitative estimate of drug-likeness (QED) is 0.187. The predicted octanol–water partition coefficient (Wildman–Crippen LogP) is 11.3. The van der Waals surface area contributed by atoms with Crippen molar-refractivity contribution >= 4 is 44.0 Å². The molecule has 5 heteroatoms. The van der Waals surface area contributed by atoms with Gasteiger partial charge < -0.3 is 8.98 Å². The Morgan fingerprint density at radius 1 is 0.520 bits per heavy atom. The lowest BCUT2D eigenvalue weighted by molar-refractivity contribution is 0.545. The molecule has 0 spiro atoms. The molecule has 0 saturated carbocycles. The van der Waals surface area contributed by atoms with Crippen molar-refractivity contribution in [2.24, 2.45) is 0 Å². The molecule has 50 heavy (non-hydrogen) atoms. The first-order valence-corrected chi connectivity index (χ1v) is 17.3. The lowest BCUT2D eigenvalue weighted by Gasteiger charge is -2.15. The maximum atomic E-state index is 6.53. The van der Waals surface area contributed by atoms with Gasteiger partial charge in [0.2, 0.25) is 0 Å². The van der Waals surface area contributed by atoms with Gasteiger partial charge in [-0.1, -0.05) is 109 Å². The fourth-order valence-corrected chi connectivity index (χ4v) is 7.58. The topological polar surface area (TPSA) is 56.7 Å². The number of hydrogen-bond acceptors (Lipinski definition) is 4. The summed E-state index contributed by atoms with van der Waals surface area (Å²) in [5.74, 6) is 2.95. The van der Waals surface area contributed by atoms with Crippen molar-refractivity contribution in [1.82, 2.24) is 19.5 Å². The number of aromatic nitrogens is 4. The zero-order chi connectivity index (χ0) is 33.0. The molecule has 0 fully saturated rings. The van der Waals surface area contributed by atoms with E-state index in [2.05, 4.69) is 89.5 Å². The molecule has 0 amide bonds. The van der Waals surface area contributed by atoms with E-state index in [4.69, 9.17) is 19.4 Å². The summed E-state index contributed by atoms with van der Waals surface area (Å²) in [6.07, 6.45) is 13.0. The maximum Gasteiger partial charge on any atom is 0.164 e. The van der Waals surface area contributed by atoms with E-state index in [1.54, 1.807) is 0 Å². The molecule has 0 saturated heterocycles. The molecule has 2 aliphatic rings. The van der Waals surface area contributed by atoms with Crippen molar-refractivity contribution in [2.45, 2.75) is 25.7 Å². The Labute approximate surface area is 289 Å². The van der Waals surface area contributed by atoms with Crippen LogP contribution in [-0.2, 0) is 6.42 Å². The smallest absolute Gasteiger partial charge is 0.164 e. The molecule has 10 rings (SSSR count). The maximum absolute atomic E-state index is 6.53. The lowest BCUT2D eigenvalue weighted by Crippen LogP contribution is -2.06. The van der Waals surface area contributed by atoms with Gasteiger partial charge in [-0.15, -0.1) is 0 Å². The Kier molecular flexibility index (Phi) is 6.69. The fraction of sp³-hybridized carbons (Fsp3) is 0.0889. The van der Waals surface area contributed by atoms with Crippen LogP contribution in [0.25, 0.3) is 77.9 Å². The van der Waals surface area contributed by atoms with Gasteiger partial charge in [-0.3, -0.25) is 0 Å². The highest BCUT2D eigenvalue weighted by molar-refractivity contribution is 6.12. The number of fused-ring (bicyclic) bond motifs is 6. The van der Waals surface area contributed by atoms with Crippen LogP contribution in [0.2, 0.25) is 0 Å². The third-order valence-electron chi connectivity index (χ3n) is 9.93. The molecule has 2 aliphatic carbocycles. The standard InChI is InChI=1S/C45H32N4O/c1-4-13-29(14-5-1)43-46-44(30-15-6-2-7-16-30)48-45(47-43)35-20-12-22-41-42(35)37-28-32(24-26-40(37)50-41)31-23-25-39-36(27-31)34-19-10-11-21-38(34)49(39)33-17-8-3-9-18-33/h1-2,4-8,10-11,13-21,23-28H,3,9,12,22H2. The predicted molar refractivity (Wildman–Crippen MR) is 203 cm³/mol. The van der Waals surface area contributed by atoms with Crippen molar-refractivity contribution in [3.05, 3.63) is 163 Å². The van der Waals surface area contributed by atoms with Gasteiger partial charge in [0.1, 0.15) is 11.3 Å². The Hall–Kier alpha value is -6.33. The van der Waals surface area contributed by atoms with Crippen LogP contribution in [0, 0.1) is 0 Å². The Morgan fingerprint density at radius 2 is 1.18 bits per heavy atom. The summed E-state index contributed by atoms with van der Waals surface area (Å²) in [5.41, 5.74) is 10.9. The van der Waals surface area contributed by atoms with Crippen molar-refractivity contribution in [2.75, 3.05) is 0 Å². The van der Waals surface area contributed by atoms with Gasteiger partial charge in [-0.25, -0.2) is 15.0 Å². The molecule has 8 aromatic rings. The first kappa shape index (κ1) is 28.7. The number of nitrogens with zero attached hydrogens (tertiary/aromatic N) is 4. The summed E-state index contributed by atoms with van der Waals surface area (Å²) in [5, 5.41) is 3.58. The van der Waals surface area contributed by atoms with E-state index >= 15 is 0 Å². The molecular formula is C45H32N4O. The SMILES string of the molecule is C1=CC(n2c3ccccc3c3cc(-c4ccc5oc6c(c5c4)C(c4nc(-c5ccccc5)nc(-c5ccccc5)n4)=CCC6)ccc32)=CCC1. The summed E-state index contributed by atoms with van der Waals surface area (Å²) in [7, 11) is 0. The van der Waals surface area contributed by atoms with E-state index in [1.165, 1.54) is 33.1 Å². The summed E-state index contributed by atoms with van der Waals surface area (Å²) < 4.78 is 8.93. The van der Waals surface area contributed by atoms with Crippen molar-refractivity contribution in [3.8, 4) is 33.9 Å². The van der Waals surface area contributed by atoms with E-state index in [-0.39, 0.29) is 0 Å². The van der Waals surface area contributed by atoms with Gasteiger partial charge in [-0.2, -0.15) is 0 Å². The minimum Gasteiger partial charge on any atom is -0.460 e. The third-order valence-corrected chi connectivity index (χ3v) is 9.93. The number of benzene rings is 5. The van der Waals surface area contributed by atoms with Crippen molar-refractivity contribution in [1.29, 1.82) is 0 Å². The number of allylic oxidation sites excluding steroid dienone is 5. The molecule has 0 bridgehead atoms. The average Bonchev–Trinajstić information content (AvgIpc) is 3.74. The van der Waals surface area contributed by atoms with Gasteiger partial charge in [0.25, 0.3) is 0 Å². The summed E-state index contributed by atoms with van der Waals surface area (Å²) >= 11 is 0. The van der Waals surface area contributed by atoms with Crippen LogP contribution in [0.4, 0.5) is 0 Å². The van der Waals surface area contributed by atoms with Crippen LogP contribution < -0.4 is 0 Å². The highest BCUT2D eigenvalue weighted by Gasteiger charge is 2.25. The monoisotopic (exact) mass is 644 g/mol. The van der Waals surface area contributed by atoms with E-state index in [1.807, 2.05) is 60.7 Å². The summed E-state index contributed by atoms with van der Waals surface area (Å²) in [6.45, 7) is 0. The van der Waals surface area contributed by atoms with Crippen LogP contribution in [-0.4, -0.2) is 19.5 Å². The zero-order valence-electron chi connectivity index (χ0n) is 27.4. The lowest BCUT2D eigenvalue weighted by atomic mass is 9.92. The zero-order valence-corrected chi connectivity index (χ0v) is 27.4. The Morgan fingerprint density at radius 3 is 1.92 bits per heavy atom. The van der Waals surface area contributed by atoms with Gasteiger partial charge >= 0.3 is 0 Å². The molecule has 0 radical (unpaired) electrons.